The van der Waals surface area contributed by atoms with Crippen LogP contribution in [0.15, 0.2) is 60.7 Å². The number of primary amides is 2. The van der Waals surface area contributed by atoms with Crippen molar-refractivity contribution in [3.05, 3.63) is 71.8 Å². The van der Waals surface area contributed by atoms with Crippen LogP contribution < -0.4 is 11.5 Å². The molecule has 8 nitrogen and oxygen atoms in total. The summed E-state index contributed by atoms with van der Waals surface area (Å²) in [7, 11) is 0. The van der Waals surface area contributed by atoms with Crippen molar-refractivity contribution in [1.29, 1.82) is 0 Å². The number of rotatable bonds is 10. The zero-order valence-corrected chi connectivity index (χ0v) is 17.9. The average Bonchev–Trinajstić information content (AvgIpc) is 2.77. The van der Waals surface area contributed by atoms with Gasteiger partial charge >= 0.3 is 0 Å². The minimum atomic E-state index is -0.816. The third-order valence-electron chi connectivity index (χ3n) is 5.61. The summed E-state index contributed by atoms with van der Waals surface area (Å²) in [5, 5.41) is 0. The van der Waals surface area contributed by atoms with Crippen molar-refractivity contribution in [3.63, 3.8) is 0 Å². The Morgan fingerprint density at radius 3 is 1.31 bits per heavy atom. The molecular weight excluding hydrogens is 408 g/mol. The van der Waals surface area contributed by atoms with Gasteiger partial charge in [0.05, 0.1) is 0 Å². The third kappa shape index (κ3) is 5.72. The Bertz CT molecular complexity index is 885. The Morgan fingerprint density at radius 2 is 1.00 bits per heavy atom. The number of hydrogen-bond acceptors (Lipinski definition) is 4. The van der Waals surface area contributed by atoms with E-state index in [1.54, 1.807) is 0 Å². The van der Waals surface area contributed by atoms with Gasteiger partial charge in [-0.1, -0.05) is 60.7 Å². The highest BCUT2D eigenvalue weighted by Gasteiger charge is 2.45. The monoisotopic (exact) mass is 436 g/mol. The molecule has 1 saturated heterocycles. The molecule has 1 aliphatic rings. The van der Waals surface area contributed by atoms with E-state index >= 15 is 0 Å². The normalized spacial score (nSPS) is 18.6. The summed E-state index contributed by atoms with van der Waals surface area (Å²) in [4.78, 5) is 53.1. The quantitative estimate of drug-likeness (QED) is 0.582. The Labute approximate surface area is 187 Å². The fourth-order valence-corrected chi connectivity index (χ4v) is 4.01. The van der Waals surface area contributed by atoms with Crippen LogP contribution in [0.5, 0.6) is 0 Å². The molecule has 2 aromatic carbocycles. The Hall–Kier alpha value is -3.68. The molecule has 1 aliphatic heterocycles. The molecule has 2 atom stereocenters. The SMILES string of the molecule is NC(=O)CCC1C(=O)N(Cc2ccccc2)C(CCC(N)=O)C(=O)N1Cc1ccccc1. The molecule has 2 aromatic rings. The number of benzene rings is 2. The van der Waals surface area contributed by atoms with Crippen LogP contribution in [0, 0.1) is 0 Å². The minimum absolute atomic E-state index is 0.0138. The van der Waals surface area contributed by atoms with E-state index in [1.807, 2.05) is 60.7 Å². The largest absolute Gasteiger partial charge is 0.370 e. The van der Waals surface area contributed by atoms with Gasteiger partial charge in [0.15, 0.2) is 0 Å². The second-order valence-corrected chi connectivity index (χ2v) is 7.95. The lowest BCUT2D eigenvalue weighted by atomic mass is 9.95. The van der Waals surface area contributed by atoms with Crippen molar-refractivity contribution >= 4 is 23.6 Å². The Balaban J connectivity index is 1.95. The lowest BCUT2D eigenvalue weighted by Crippen LogP contribution is -2.64. The second kappa shape index (κ2) is 10.6. The van der Waals surface area contributed by atoms with Gasteiger partial charge in [-0.3, -0.25) is 19.2 Å². The summed E-state index contributed by atoms with van der Waals surface area (Å²) in [5.41, 5.74) is 12.4. The molecule has 0 aromatic heterocycles. The van der Waals surface area contributed by atoms with Crippen molar-refractivity contribution in [3.8, 4) is 0 Å². The number of carbonyl (C=O) groups excluding carboxylic acids is 4. The molecule has 4 N–H and O–H groups in total. The van der Waals surface area contributed by atoms with Gasteiger partial charge in [0, 0.05) is 25.9 Å². The highest BCUT2D eigenvalue weighted by molar-refractivity contribution is 5.97. The van der Waals surface area contributed by atoms with E-state index in [4.69, 9.17) is 11.5 Å². The summed E-state index contributed by atoms with van der Waals surface area (Å²) in [6.45, 7) is 0.447. The third-order valence-corrected chi connectivity index (χ3v) is 5.61. The fraction of sp³-hybridized carbons (Fsp3) is 0.333. The smallest absolute Gasteiger partial charge is 0.246 e. The standard InChI is InChI=1S/C24H28N4O4/c25-21(29)13-11-19-24(32)28(16-18-9-5-2-6-10-18)20(12-14-22(26)30)23(31)27(19)15-17-7-3-1-4-8-17/h1-10,19-20H,11-16H2,(H2,25,29)(H2,26,30). The highest BCUT2D eigenvalue weighted by Crippen LogP contribution is 2.27. The molecule has 0 radical (unpaired) electrons. The van der Waals surface area contributed by atoms with E-state index in [2.05, 4.69) is 0 Å². The summed E-state index contributed by atoms with van der Waals surface area (Å²) < 4.78 is 0. The number of nitrogens with zero attached hydrogens (tertiary/aromatic N) is 2. The van der Waals surface area contributed by atoms with E-state index in [-0.39, 0.29) is 50.6 Å². The molecule has 8 heteroatoms. The van der Waals surface area contributed by atoms with E-state index in [0.717, 1.165) is 11.1 Å². The number of amides is 4. The number of carbonyl (C=O) groups is 4. The van der Waals surface area contributed by atoms with Gasteiger partial charge in [0.2, 0.25) is 23.6 Å². The molecule has 1 fully saturated rings. The van der Waals surface area contributed by atoms with Crippen LogP contribution in [0.2, 0.25) is 0 Å². The van der Waals surface area contributed by atoms with Crippen molar-refractivity contribution in [2.45, 2.75) is 50.9 Å². The Kier molecular flexibility index (Phi) is 7.59. The van der Waals surface area contributed by atoms with Crippen molar-refractivity contribution in [2.24, 2.45) is 11.5 Å². The maximum absolute atomic E-state index is 13.6. The van der Waals surface area contributed by atoms with Gasteiger partial charge in [-0.05, 0) is 24.0 Å². The van der Waals surface area contributed by atoms with Gasteiger partial charge in [-0.2, -0.15) is 0 Å². The molecular formula is C24H28N4O4. The van der Waals surface area contributed by atoms with E-state index in [1.165, 1.54) is 9.80 Å². The second-order valence-electron chi connectivity index (χ2n) is 7.95. The average molecular weight is 437 g/mol. The number of nitrogens with two attached hydrogens (primary N) is 2. The van der Waals surface area contributed by atoms with Gasteiger partial charge in [0.1, 0.15) is 12.1 Å². The zero-order valence-electron chi connectivity index (χ0n) is 17.9. The van der Waals surface area contributed by atoms with Crippen molar-refractivity contribution in [1.82, 2.24) is 9.80 Å². The predicted molar refractivity (Wildman–Crippen MR) is 118 cm³/mol. The summed E-state index contributed by atoms with van der Waals surface area (Å²) >= 11 is 0. The van der Waals surface area contributed by atoms with Crippen LogP contribution in [0.3, 0.4) is 0 Å². The minimum Gasteiger partial charge on any atom is -0.370 e. The van der Waals surface area contributed by atoms with Crippen LogP contribution >= 0.6 is 0 Å². The summed E-state index contributed by atoms with van der Waals surface area (Å²) in [5.74, 6) is -1.59. The molecule has 168 valence electrons. The lowest BCUT2D eigenvalue weighted by Gasteiger charge is -2.45. The maximum atomic E-state index is 13.6. The molecule has 0 spiro atoms. The van der Waals surface area contributed by atoms with E-state index < -0.39 is 23.9 Å². The first-order valence-electron chi connectivity index (χ1n) is 10.6. The summed E-state index contributed by atoms with van der Waals surface area (Å²) in [6, 6.07) is 17.0. The molecule has 0 saturated carbocycles. The molecule has 1 heterocycles. The topological polar surface area (TPSA) is 127 Å². The molecule has 3 rings (SSSR count). The van der Waals surface area contributed by atoms with Crippen LogP contribution in [0.25, 0.3) is 0 Å². The van der Waals surface area contributed by atoms with Crippen LogP contribution in [-0.2, 0) is 32.3 Å². The number of hydrogen-bond donors (Lipinski definition) is 2. The zero-order chi connectivity index (χ0) is 23.1. The maximum Gasteiger partial charge on any atom is 0.246 e. The van der Waals surface area contributed by atoms with Crippen LogP contribution in [0.4, 0.5) is 0 Å². The molecule has 4 amide bonds. The van der Waals surface area contributed by atoms with Gasteiger partial charge in [-0.15, -0.1) is 0 Å². The first-order chi connectivity index (χ1) is 15.4. The lowest BCUT2D eigenvalue weighted by molar-refractivity contribution is -0.164. The molecule has 0 aliphatic carbocycles. The molecule has 0 bridgehead atoms. The van der Waals surface area contributed by atoms with Gasteiger partial charge in [0.25, 0.3) is 0 Å². The molecule has 32 heavy (non-hydrogen) atoms. The van der Waals surface area contributed by atoms with Crippen molar-refractivity contribution < 1.29 is 19.2 Å². The van der Waals surface area contributed by atoms with E-state index in [9.17, 15) is 19.2 Å². The van der Waals surface area contributed by atoms with Gasteiger partial charge < -0.3 is 21.3 Å². The highest BCUT2D eigenvalue weighted by atomic mass is 16.2. The van der Waals surface area contributed by atoms with Gasteiger partial charge in [-0.25, -0.2) is 0 Å². The van der Waals surface area contributed by atoms with Crippen LogP contribution in [0.1, 0.15) is 36.8 Å². The first kappa shape index (κ1) is 23.0. The Morgan fingerprint density at radius 1 is 0.656 bits per heavy atom. The fourth-order valence-electron chi connectivity index (χ4n) is 4.01. The predicted octanol–water partition coefficient (Wildman–Crippen LogP) is 1.33. The molecule has 2 unspecified atom stereocenters. The van der Waals surface area contributed by atoms with Crippen LogP contribution in [-0.4, -0.2) is 45.5 Å². The number of piperazine rings is 1. The van der Waals surface area contributed by atoms with E-state index in [0.29, 0.717) is 0 Å². The van der Waals surface area contributed by atoms with Crippen molar-refractivity contribution in [2.75, 3.05) is 0 Å². The summed E-state index contributed by atoms with van der Waals surface area (Å²) in [6.07, 6.45) is 0.251. The first-order valence-corrected chi connectivity index (χ1v) is 10.6.